The molecule has 0 heterocycles. The van der Waals surface area contributed by atoms with Crippen molar-refractivity contribution < 1.29 is 21.1 Å². The van der Waals surface area contributed by atoms with Crippen LogP contribution in [-0.2, 0) is 17.8 Å². The van der Waals surface area contributed by atoms with E-state index in [1.54, 1.807) is 0 Å². The predicted octanol–water partition coefficient (Wildman–Crippen LogP) is 5.39. The normalized spacial score (nSPS) is 11.9. The van der Waals surface area contributed by atoms with Crippen molar-refractivity contribution in [2.24, 2.45) is 0 Å². The van der Waals surface area contributed by atoms with Gasteiger partial charge in [0.05, 0.1) is 0 Å². The van der Waals surface area contributed by atoms with Crippen LogP contribution in [0.25, 0.3) is 11.1 Å². The molecular formula is C18H18Cl2OTi. The van der Waals surface area contributed by atoms with E-state index < -0.39 is 17.8 Å². The van der Waals surface area contributed by atoms with Crippen LogP contribution in [0, 0.1) is 0 Å². The SMILES string of the molecule is Cl.Cl.[CH2]=[Ti]([O]c1cccc(-c2ccccc2)c1)[C]1=CC=CC1. The second kappa shape index (κ2) is 9.12. The van der Waals surface area contributed by atoms with Gasteiger partial charge in [0.25, 0.3) is 0 Å². The summed E-state index contributed by atoms with van der Waals surface area (Å²) in [6.07, 6.45) is 7.43. The van der Waals surface area contributed by atoms with Crippen LogP contribution >= 0.6 is 24.8 Å². The molecule has 0 aromatic heterocycles. The zero-order valence-corrected chi connectivity index (χ0v) is 15.3. The monoisotopic (exact) mass is 368 g/mol. The molecule has 0 spiro atoms. The Kier molecular flexibility index (Phi) is 7.85. The van der Waals surface area contributed by atoms with E-state index in [0.29, 0.717) is 0 Å². The van der Waals surface area contributed by atoms with Gasteiger partial charge >= 0.3 is 126 Å². The summed E-state index contributed by atoms with van der Waals surface area (Å²) in [5.74, 6) is 0.934. The zero-order chi connectivity index (χ0) is 13.8. The van der Waals surface area contributed by atoms with Crippen LogP contribution in [0.2, 0.25) is 0 Å². The van der Waals surface area contributed by atoms with Crippen molar-refractivity contribution in [1.29, 1.82) is 0 Å². The van der Waals surface area contributed by atoms with Crippen LogP contribution in [0.5, 0.6) is 5.75 Å². The van der Waals surface area contributed by atoms with Crippen LogP contribution in [0.4, 0.5) is 0 Å². The Bertz CT molecular complexity index is 693. The third kappa shape index (κ3) is 4.69. The second-order valence-corrected chi connectivity index (χ2v) is 7.39. The number of rotatable bonds is 4. The molecule has 3 rings (SSSR count). The maximum atomic E-state index is 6.11. The van der Waals surface area contributed by atoms with Crippen molar-refractivity contribution in [3.63, 3.8) is 0 Å². The van der Waals surface area contributed by atoms with Gasteiger partial charge in [0.15, 0.2) is 0 Å². The molecule has 0 atom stereocenters. The summed E-state index contributed by atoms with van der Waals surface area (Å²) < 4.78 is 7.49. The third-order valence-electron chi connectivity index (χ3n) is 3.31. The summed E-state index contributed by atoms with van der Waals surface area (Å²) in [5, 5.41) is 0. The molecule has 0 saturated heterocycles. The summed E-state index contributed by atoms with van der Waals surface area (Å²) in [7, 11) is 0. The molecule has 0 radical (unpaired) electrons. The molecule has 114 valence electrons. The molecule has 2 aromatic rings. The molecule has 1 aliphatic rings. The molecule has 2 aromatic carbocycles. The Morgan fingerprint density at radius 3 is 2.32 bits per heavy atom. The van der Waals surface area contributed by atoms with Crippen molar-refractivity contribution in [2.75, 3.05) is 0 Å². The number of allylic oxidation sites excluding steroid dienone is 4. The first kappa shape index (κ1) is 18.9. The van der Waals surface area contributed by atoms with Gasteiger partial charge in [-0.05, 0) is 0 Å². The van der Waals surface area contributed by atoms with E-state index in [2.05, 4.69) is 59.4 Å². The Morgan fingerprint density at radius 2 is 1.64 bits per heavy atom. The van der Waals surface area contributed by atoms with E-state index in [1.807, 2.05) is 18.2 Å². The fourth-order valence-electron chi connectivity index (χ4n) is 2.23. The molecule has 0 fully saturated rings. The summed E-state index contributed by atoms with van der Waals surface area (Å²) in [4.78, 5) is 4.25. The molecular weight excluding hydrogens is 351 g/mol. The van der Waals surface area contributed by atoms with Crippen molar-refractivity contribution in [3.05, 3.63) is 76.7 Å². The number of halogens is 2. The molecule has 0 amide bonds. The van der Waals surface area contributed by atoms with Gasteiger partial charge in [0.2, 0.25) is 0 Å². The molecule has 4 heteroatoms. The van der Waals surface area contributed by atoms with Gasteiger partial charge in [-0.2, -0.15) is 0 Å². The first-order valence-corrected chi connectivity index (χ1v) is 9.23. The second-order valence-electron chi connectivity index (χ2n) is 4.74. The van der Waals surface area contributed by atoms with Crippen LogP contribution in [0.3, 0.4) is 0 Å². The van der Waals surface area contributed by atoms with Gasteiger partial charge in [0.1, 0.15) is 0 Å². The molecule has 0 N–H and O–H groups in total. The van der Waals surface area contributed by atoms with Crippen LogP contribution in [0.1, 0.15) is 6.42 Å². The van der Waals surface area contributed by atoms with Gasteiger partial charge < -0.3 is 0 Å². The fraction of sp³-hybridized carbons (Fsp3) is 0.0556. The van der Waals surface area contributed by atoms with Gasteiger partial charge in [-0.1, -0.05) is 0 Å². The standard InChI is InChI=1S/C12H10O.C5H5.CH2.2ClH.Ti/c13-12-8-4-7-11(9-12)10-5-2-1-3-6-10;1-2-4-5-3-1;;;;/h1-9,13H;1-3H,4H2;1H2;2*1H;/q;;;;;+1/p-1. The Morgan fingerprint density at radius 1 is 0.909 bits per heavy atom. The number of hydrogen-bond donors (Lipinski definition) is 0. The zero-order valence-electron chi connectivity index (χ0n) is 12.1. The number of hydrogen-bond acceptors (Lipinski definition) is 1. The average Bonchev–Trinajstić information content (AvgIpc) is 3.03. The van der Waals surface area contributed by atoms with E-state index in [-0.39, 0.29) is 24.8 Å². The molecule has 22 heavy (non-hydrogen) atoms. The maximum absolute atomic E-state index is 6.11. The van der Waals surface area contributed by atoms with Crippen LogP contribution < -0.4 is 3.32 Å². The topological polar surface area (TPSA) is 9.23 Å². The van der Waals surface area contributed by atoms with E-state index in [1.165, 1.54) is 15.0 Å². The number of benzene rings is 2. The van der Waals surface area contributed by atoms with Crippen LogP contribution in [0.15, 0.2) is 76.7 Å². The first-order chi connectivity index (χ1) is 9.83. The summed E-state index contributed by atoms with van der Waals surface area (Å²) >= 11 is -1.83. The summed E-state index contributed by atoms with van der Waals surface area (Å²) in [6, 6.07) is 18.7. The van der Waals surface area contributed by atoms with Gasteiger partial charge in [0, 0.05) is 0 Å². The predicted molar refractivity (Wildman–Crippen MR) is 96.0 cm³/mol. The minimum absolute atomic E-state index is 0. The molecule has 1 nitrogen and oxygen atoms in total. The Hall–Kier alpha value is -1.12. The molecule has 0 saturated carbocycles. The van der Waals surface area contributed by atoms with Crippen molar-refractivity contribution in [1.82, 2.24) is 0 Å². The van der Waals surface area contributed by atoms with E-state index >= 15 is 0 Å². The first-order valence-electron chi connectivity index (χ1n) is 6.71. The molecule has 0 unspecified atom stereocenters. The van der Waals surface area contributed by atoms with E-state index in [0.717, 1.165) is 12.2 Å². The van der Waals surface area contributed by atoms with Gasteiger partial charge in [-0.15, -0.1) is 24.8 Å². The molecule has 0 aliphatic heterocycles. The summed E-state index contributed by atoms with van der Waals surface area (Å²) in [6.45, 7) is 0. The quantitative estimate of drug-likeness (QED) is 0.657. The Labute approximate surface area is 150 Å². The average molecular weight is 369 g/mol. The van der Waals surface area contributed by atoms with Gasteiger partial charge in [-0.3, -0.25) is 0 Å². The van der Waals surface area contributed by atoms with Crippen LogP contribution in [-0.4, -0.2) is 4.82 Å². The van der Waals surface area contributed by atoms with Gasteiger partial charge in [-0.25, -0.2) is 0 Å². The fourth-order valence-corrected chi connectivity index (χ4v) is 4.06. The van der Waals surface area contributed by atoms with E-state index in [4.69, 9.17) is 3.32 Å². The van der Waals surface area contributed by atoms with Crippen molar-refractivity contribution in [2.45, 2.75) is 6.42 Å². The van der Waals surface area contributed by atoms with Crippen molar-refractivity contribution >= 4 is 29.6 Å². The Balaban J connectivity index is 0.00000121. The molecule has 1 aliphatic carbocycles. The minimum atomic E-state index is -1.83. The van der Waals surface area contributed by atoms with E-state index in [9.17, 15) is 0 Å². The van der Waals surface area contributed by atoms with Crippen molar-refractivity contribution in [3.8, 4) is 16.9 Å². The molecule has 0 bridgehead atoms. The summed E-state index contributed by atoms with van der Waals surface area (Å²) in [5.41, 5.74) is 2.40. The third-order valence-corrected chi connectivity index (χ3v) is 5.76.